The van der Waals surface area contributed by atoms with E-state index in [9.17, 15) is 24.6 Å². The summed E-state index contributed by atoms with van der Waals surface area (Å²) in [4.78, 5) is 36.9. The van der Waals surface area contributed by atoms with Crippen LogP contribution in [0.4, 0.5) is 4.79 Å². The predicted molar refractivity (Wildman–Crippen MR) is 118 cm³/mol. The molecule has 3 atom stereocenters. The van der Waals surface area contributed by atoms with Gasteiger partial charge in [-0.2, -0.15) is 0 Å². The monoisotopic (exact) mass is 454 g/mol. The minimum atomic E-state index is -1.51. The van der Waals surface area contributed by atoms with Gasteiger partial charge in [-0.15, -0.1) is 0 Å². The van der Waals surface area contributed by atoms with Gasteiger partial charge in [-0.05, 0) is 29.2 Å². The maximum absolute atomic E-state index is 12.9. The average Bonchev–Trinajstić information content (AvgIpc) is 3.39. The van der Waals surface area contributed by atoms with Crippen molar-refractivity contribution in [3.63, 3.8) is 0 Å². The summed E-state index contributed by atoms with van der Waals surface area (Å²) in [5.41, 5.74) is 2.83. The van der Waals surface area contributed by atoms with Crippen molar-refractivity contribution in [3.8, 4) is 11.1 Å². The second-order valence-corrected chi connectivity index (χ2v) is 8.37. The van der Waals surface area contributed by atoms with Crippen LogP contribution in [0.25, 0.3) is 11.1 Å². The minimum Gasteiger partial charge on any atom is -0.480 e. The van der Waals surface area contributed by atoms with Gasteiger partial charge in [0.25, 0.3) is 0 Å². The van der Waals surface area contributed by atoms with Crippen molar-refractivity contribution >= 4 is 18.0 Å². The zero-order valence-electron chi connectivity index (χ0n) is 18.1. The summed E-state index contributed by atoms with van der Waals surface area (Å²) >= 11 is 0. The Bertz CT molecular complexity index is 1020. The summed E-state index contributed by atoms with van der Waals surface area (Å²) in [7, 11) is 0. The van der Waals surface area contributed by atoms with Crippen LogP contribution < -0.4 is 10.6 Å². The third-order valence-electron chi connectivity index (χ3n) is 6.18. The first-order valence-electron chi connectivity index (χ1n) is 10.7. The van der Waals surface area contributed by atoms with E-state index in [-0.39, 0.29) is 32.2 Å². The predicted octanol–water partition coefficient (Wildman–Crippen LogP) is 1.63. The third-order valence-corrected chi connectivity index (χ3v) is 6.18. The molecule has 0 saturated carbocycles. The number of fused-ring (bicyclic) bond motifs is 3. The van der Waals surface area contributed by atoms with Crippen LogP contribution in [-0.2, 0) is 19.1 Å². The maximum Gasteiger partial charge on any atom is 0.408 e. The molecule has 0 aromatic heterocycles. The van der Waals surface area contributed by atoms with Crippen LogP contribution >= 0.6 is 0 Å². The fraction of sp³-hybridized carbons (Fsp3) is 0.375. The third kappa shape index (κ3) is 4.42. The zero-order valence-corrected chi connectivity index (χ0v) is 18.1. The van der Waals surface area contributed by atoms with Gasteiger partial charge in [0, 0.05) is 18.9 Å². The van der Waals surface area contributed by atoms with Crippen LogP contribution in [0.15, 0.2) is 48.5 Å². The molecule has 4 N–H and O–H groups in total. The summed E-state index contributed by atoms with van der Waals surface area (Å²) < 4.78 is 10.8. The Morgan fingerprint density at radius 2 is 1.73 bits per heavy atom. The maximum atomic E-state index is 12.9. The minimum absolute atomic E-state index is 0.0733. The van der Waals surface area contributed by atoms with Crippen molar-refractivity contribution in [2.75, 3.05) is 19.8 Å². The number of rotatable bonds is 7. The fourth-order valence-electron chi connectivity index (χ4n) is 4.40. The Balaban J connectivity index is 1.45. The summed E-state index contributed by atoms with van der Waals surface area (Å²) in [5.74, 6) is -2.27. The molecule has 1 fully saturated rings. The molecular formula is C24H26N2O7. The quantitative estimate of drug-likeness (QED) is 0.500. The lowest BCUT2D eigenvalue weighted by molar-refractivity contribution is -0.146. The van der Waals surface area contributed by atoms with Crippen molar-refractivity contribution in [2.24, 2.45) is 0 Å². The first-order valence-corrected chi connectivity index (χ1v) is 10.7. The molecule has 0 radical (unpaired) electrons. The molecule has 0 bridgehead atoms. The van der Waals surface area contributed by atoms with Gasteiger partial charge >= 0.3 is 12.1 Å². The molecule has 2 aromatic rings. The van der Waals surface area contributed by atoms with Crippen molar-refractivity contribution in [2.45, 2.75) is 36.9 Å². The highest BCUT2D eigenvalue weighted by atomic mass is 16.6. The van der Waals surface area contributed by atoms with Crippen molar-refractivity contribution in [3.05, 3.63) is 59.7 Å². The van der Waals surface area contributed by atoms with E-state index in [4.69, 9.17) is 9.47 Å². The van der Waals surface area contributed by atoms with Gasteiger partial charge in [-0.25, -0.2) is 9.59 Å². The first-order chi connectivity index (χ1) is 15.8. The molecule has 1 unspecified atom stereocenters. The van der Waals surface area contributed by atoms with Crippen LogP contribution in [0, 0.1) is 0 Å². The van der Waals surface area contributed by atoms with Gasteiger partial charge in [-0.3, -0.25) is 4.79 Å². The molecule has 9 heteroatoms. The van der Waals surface area contributed by atoms with Gasteiger partial charge < -0.3 is 30.3 Å². The SMILES string of the molecule is C[C@@H](O)[C@H](NC(=O)C1(NC(=O)OCC2c3ccccc3-c3ccccc32)CCOC1)C(=O)O. The van der Waals surface area contributed by atoms with E-state index in [0.29, 0.717) is 0 Å². The number of carboxylic acid groups (broad SMARTS) is 1. The second kappa shape index (κ2) is 9.21. The molecule has 4 rings (SSSR count). The molecule has 1 saturated heterocycles. The zero-order chi connectivity index (χ0) is 23.6. The molecule has 9 nitrogen and oxygen atoms in total. The summed E-state index contributed by atoms with van der Waals surface area (Å²) in [5, 5.41) is 23.8. The van der Waals surface area contributed by atoms with E-state index in [0.717, 1.165) is 22.3 Å². The Morgan fingerprint density at radius 1 is 1.12 bits per heavy atom. The molecule has 1 aliphatic carbocycles. The first kappa shape index (κ1) is 22.8. The molecule has 0 spiro atoms. The van der Waals surface area contributed by atoms with Crippen LogP contribution in [0.1, 0.15) is 30.4 Å². The van der Waals surface area contributed by atoms with Gasteiger partial charge in [0.05, 0.1) is 12.7 Å². The van der Waals surface area contributed by atoms with Crippen LogP contribution in [0.3, 0.4) is 0 Å². The van der Waals surface area contributed by atoms with Crippen LogP contribution in [0.2, 0.25) is 0 Å². The number of carboxylic acids is 1. The lowest BCUT2D eigenvalue weighted by Crippen LogP contribution is -2.63. The Kier molecular flexibility index (Phi) is 6.35. The molecule has 2 aliphatic rings. The number of aliphatic carboxylic acids is 1. The van der Waals surface area contributed by atoms with Crippen LogP contribution in [0.5, 0.6) is 0 Å². The number of amides is 2. The molecule has 2 amide bonds. The van der Waals surface area contributed by atoms with Gasteiger partial charge in [0.2, 0.25) is 5.91 Å². The Morgan fingerprint density at radius 3 is 2.24 bits per heavy atom. The van der Waals surface area contributed by atoms with Crippen molar-refractivity contribution < 1.29 is 34.1 Å². The van der Waals surface area contributed by atoms with Gasteiger partial charge in [-0.1, -0.05) is 48.5 Å². The van der Waals surface area contributed by atoms with Gasteiger partial charge in [0.1, 0.15) is 12.1 Å². The standard InChI is InChI=1S/C24H26N2O7/c1-14(27)20(21(28)29)25-22(30)24(10-11-32-13-24)26-23(31)33-12-19-17-8-4-2-6-15(17)16-7-3-5-9-18(16)19/h2-9,14,19-20,27H,10-13H2,1H3,(H,25,30)(H,26,31)(H,28,29)/t14-,20+,24?/m1/s1. The van der Waals surface area contributed by atoms with E-state index in [1.165, 1.54) is 6.92 Å². The Labute approximate surface area is 190 Å². The largest absolute Gasteiger partial charge is 0.480 e. The number of carbonyl (C=O) groups is 3. The topological polar surface area (TPSA) is 134 Å². The smallest absolute Gasteiger partial charge is 0.408 e. The normalized spacial score (nSPS) is 20.9. The van der Waals surface area contributed by atoms with Crippen LogP contribution in [-0.4, -0.2) is 65.7 Å². The number of alkyl carbamates (subject to hydrolysis) is 1. The number of carbonyl (C=O) groups excluding carboxylic acids is 2. The number of aliphatic hydroxyl groups is 1. The Hall–Kier alpha value is -3.43. The molecule has 174 valence electrons. The number of aliphatic hydroxyl groups excluding tert-OH is 1. The molecule has 1 heterocycles. The second-order valence-electron chi connectivity index (χ2n) is 8.37. The number of ether oxygens (including phenoxy) is 2. The number of hydrogen-bond donors (Lipinski definition) is 4. The fourth-order valence-corrected chi connectivity index (χ4v) is 4.40. The lowest BCUT2D eigenvalue weighted by Gasteiger charge is -2.29. The average molecular weight is 454 g/mol. The molecular weight excluding hydrogens is 428 g/mol. The highest BCUT2D eigenvalue weighted by Gasteiger charge is 2.46. The number of benzene rings is 2. The van der Waals surface area contributed by atoms with E-state index in [1.54, 1.807) is 0 Å². The van der Waals surface area contributed by atoms with Gasteiger partial charge in [0.15, 0.2) is 6.04 Å². The summed E-state index contributed by atoms with van der Waals surface area (Å²) in [6.07, 6.45) is -1.98. The van der Waals surface area contributed by atoms with Crippen molar-refractivity contribution in [1.82, 2.24) is 10.6 Å². The van der Waals surface area contributed by atoms with E-state index in [2.05, 4.69) is 10.6 Å². The highest BCUT2D eigenvalue weighted by Crippen LogP contribution is 2.44. The van der Waals surface area contributed by atoms with E-state index in [1.807, 2.05) is 48.5 Å². The van der Waals surface area contributed by atoms with E-state index >= 15 is 0 Å². The lowest BCUT2D eigenvalue weighted by atomic mass is 9.96. The molecule has 2 aromatic carbocycles. The van der Waals surface area contributed by atoms with E-state index < -0.39 is 35.7 Å². The summed E-state index contributed by atoms with van der Waals surface area (Å²) in [6, 6.07) is 14.4. The highest BCUT2D eigenvalue weighted by molar-refractivity contribution is 5.93. The molecule has 1 aliphatic heterocycles. The summed E-state index contributed by atoms with van der Waals surface area (Å²) in [6.45, 7) is 1.42. The van der Waals surface area contributed by atoms with Crippen molar-refractivity contribution in [1.29, 1.82) is 0 Å². The number of hydrogen-bond acceptors (Lipinski definition) is 6. The number of nitrogens with one attached hydrogen (secondary N) is 2. The molecule has 33 heavy (non-hydrogen) atoms.